The Morgan fingerprint density at radius 2 is 2.25 bits per heavy atom. The van der Waals surface area contributed by atoms with Gasteiger partial charge in [-0.05, 0) is 19.1 Å². The number of ether oxygens (including phenoxy) is 1. The number of benzene rings is 1. The molecule has 0 radical (unpaired) electrons. The molecule has 20 heavy (non-hydrogen) atoms. The number of aromatic nitrogens is 1. The number of carbonyl (C=O) groups is 1. The normalized spacial score (nSPS) is 12.0. The topological polar surface area (TPSA) is 42.4 Å². The molecule has 0 N–H and O–H groups in total. The Labute approximate surface area is 120 Å². The van der Waals surface area contributed by atoms with E-state index in [1.807, 2.05) is 12.3 Å². The van der Waals surface area contributed by atoms with Crippen molar-refractivity contribution in [3.05, 3.63) is 46.2 Å². The van der Waals surface area contributed by atoms with Gasteiger partial charge in [0.05, 0.1) is 13.2 Å². The van der Waals surface area contributed by atoms with Crippen molar-refractivity contribution in [2.75, 3.05) is 14.2 Å². The molecule has 0 saturated heterocycles. The monoisotopic (exact) mass is 294 g/mol. The third kappa shape index (κ3) is 2.65. The molecule has 1 atom stereocenters. The van der Waals surface area contributed by atoms with E-state index in [0.717, 1.165) is 5.01 Å². The number of hydrogen-bond acceptors (Lipinski definition) is 4. The predicted octanol–water partition coefficient (Wildman–Crippen LogP) is 3.12. The van der Waals surface area contributed by atoms with Crippen LogP contribution in [-0.4, -0.2) is 29.9 Å². The molecule has 0 aliphatic rings. The Morgan fingerprint density at radius 1 is 1.50 bits per heavy atom. The molecule has 1 amide bonds. The van der Waals surface area contributed by atoms with Gasteiger partial charge in [0.1, 0.15) is 22.1 Å². The molecule has 4 nitrogen and oxygen atoms in total. The molecule has 1 aromatic heterocycles. The standard InChI is InChI=1S/C14H15FN2O2S/c1-9(13-16-7-8-20-13)17(2)14(18)12-10(15)5-4-6-11(12)19-3/h4-9H,1-3H3. The van der Waals surface area contributed by atoms with Crippen molar-refractivity contribution in [1.82, 2.24) is 9.88 Å². The highest BCUT2D eigenvalue weighted by Gasteiger charge is 2.25. The molecule has 2 rings (SSSR count). The zero-order valence-electron chi connectivity index (χ0n) is 11.5. The zero-order chi connectivity index (χ0) is 14.7. The second kappa shape index (κ2) is 6.00. The molecule has 1 unspecified atom stereocenters. The van der Waals surface area contributed by atoms with E-state index in [1.165, 1.54) is 35.5 Å². The molecule has 0 fully saturated rings. The molecule has 0 spiro atoms. The van der Waals surface area contributed by atoms with Crippen LogP contribution in [0.2, 0.25) is 0 Å². The fourth-order valence-electron chi connectivity index (χ4n) is 1.84. The maximum absolute atomic E-state index is 13.9. The van der Waals surface area contributed by atoms with Crippen LogP contribution in [0.4, 0.5) is 4.39 Å². The van der Waals surface area contributed by atoms with Gasteiger partial charge in [0.25, 0.3) is 5.91 Å². The highest BCUT2D eigenvalue weighted by molar-refractivity contribution is 7.09. The molecule has 6 heteroatoms. The smallest absolute Gasteiger partial charge is 0.260 e. The van der Waals surface area contributed by atoms with Gasteiger partial charge < -0.3 is 9.64 Å². The van der Waals surface area contributed by atoms with E-state index >= 15 is 0 Å². The second-order valence-electron chi connectivity index (χ2n) is 4.28. The van der Waals surface area contributed by atoms with Gasteiger partial charge in [0.2, 0.25) is 0 Å². The van der Waals surface area contributed by atoms with Crippen molar-refractivity contribution in [2.24, 2.45) is 0 Å². The van der Waals surface area contributed by atoms with Gasteiger partial charge >= 0.3 is 0 Å². The van der Waals surface area contributed by atoms with Gasteiger partial charge in [-0.25, -0.2) is 9.37 Å². The van der Waals surface area contributed by atoms with Crippen LogP contribution in [0.5, 0.6) is 5.75 Å². The number of amides is 1. The fourth-order valence-corrected chi connectivity index (χ4v) is 2.58. The average Bonchev–Trinajstić information content (AvgIpc) is 2.98. The maximum atomic E-state index is 13.9. The third-order valence-corrected chi connectivity index (χ3v) is 4.07. The summed E-state index contributed by atoms with van der Waals surface area (Å²) in [6, 6.07) is 4.09. The van der Waals surface area contributed by atoms with Crippen molar-refractivity contribution in [1.29, 1.82) is 0 Å². The summed E-state index contributed by atoms with van der Waals surface area (Å²) in [7, 11) is 3.04. The molecule has 1 heterocycles. The molecule has 0 aliphatic heterocycles. The summed E-state index contributed by atoms with van der Waals surface area (Å²) < 4.78 is 19.0. The number of nitrogens with zero attached hydrogens (tertiary/aromatic N) is 2. The quantitative estimate of drug-likeness (QED) is 0.870. The molecule has 2 aromatic rings. The molecule has 106 valence electrons. The first-order valence-electron chi connectivity index (χ1n) is 6.05. The number of thiazole rings is 1. The molecule has 1 aromatic carbocycles. The van der Waals surface area contributed by atoms with Crippen LogP contribution in [0.1, 0.15) is 28.3 Å². The van der Waals surface area contributed by atoms with Gasteiger partial charge in [0.15, 0.2) is 0 Å². The minimum atomic E-state index is -0.590. The van der Waals surface area contributed by atoms with Crippen LogP contribution in [0.3, 0.4) is 0 Å². The number of hydrogen-bond donors (Lipinski definition) is 0. The third-order valence-electron chi connectivity index (χ3n) is 3.12. The Kier molecular flexibility index (Phi) is 4.34. The minimum Gasteiger partial charge on any atom is -0.496 e. The predicted molar refractivity (Wildman–Crippen MR) is 75.6 cm³/mol. The lowest BCUT2D eigenvalue weighted by Gasteiger charge is -2.24. The van der Waals surface area contributed by atoms with Crippen molar-refractivity contribution in [2.45, 2.75) is 13.0 Å². The average molecular weight is 294 g/mol. The van der Waals surface area contributed by atoms with Crippen LogP contribution in [-0.2, 0) is 0 Å². The van der Waals surface area contributed by atoms with Gasteiger partial charge in [-0.3, -0.25) is 4.79 Å². The van der Waals surface area contributed by atoms with Gasteiger partial charge in [-0.1, -0.05) is 6.07 Å². The van der Waals surface area contributed by atoms with E-state index in [0.29, 0.717) is 0 Å². The van der Waals surface area contributed by atoms with Crippen molar-refractivity contribution in [3.8, 4) is 5.75 Å². The summed E-state index contributed by atoms with van der Waals surface area (Å²) in [5.74, 6) is -0.789. The van der Waals surface area contributed by atoms with E-state index < -0.39 is 11.7 Å². The summed E-state index contributed by atoms with van der Waals surface area (Å²) >= 11 is 1.46. The summed E-state index contributed by atoms with van der Waals surface area (Å²) in [5, 5.41) is 2.64. The Balaban J connectivity index is 2.32. The molecule has 0 aliphatic carbocycles. The van der Waals surface area contributed by atoms with Crippen molar-refractivity contribution < 1.29 is 13.9 Å². The van der Waals surface area contributed by atoms with E-state index in [2.05, 4.69) is 4.98 Å². The molecular weight excluding hydrogens is 279 g/mol. The van der Waals surface area contributed by atoms with Gasteiger partial charge in [0, 0.05) is 18.6 Å². The number of carbonyl (C=O) groups excluding carboxylic acids is 1. The largest absolute Gasteiger partial charge is 0.496 e. The molecule has 0 saturated carbocycles. The van der Waals surface area contributed by atoms with Crippen LogP contribution in [0.25, 0.3) is 0 Å². The van der Waals surface area contributed by atoms with Crippen molar-refractivity contribution in [3.63, 3.8) is 0 Å². The Bertz CT molecular complexity index is 601. The van der Waals surface area contributed by atoms with Gasteiger partial charge in [-0.2, -0.15) is 0 Å². The Hall–Kier alpha value is -1.95. The lowest BCUT2D eigenvalue weighted by Crippen LogP contribution is -2.30. The molecule has 0 bridgehead atoms. The van der Waals surface area contributed by atoms with Crippen LogP contribution < -0.4 is 4.74 Å². The Morgan fingerprint density at radius 3 is 2.85 bits per heavy atom. The van der Waals surface area contributed by atoms with E-state index in [4.69, 9.17) is 4.74 Å². The first kappa shape index (κ1) is 14.5. The highest BCUT2D eigenvalue weighted by Crippen LogP contribution is 2.27. The number of rotatable bonds is 4. The fraction of sp³-hybridized carbons (Fsp3) is 0.286. The van der Waals surface area contributed by atoms with Crippen LogP contribution in [0.15, 0.2) is 29.8 Å². The number of methoxy groups -OCH3 is 1. The zero-order valence-corrected chi connectivity index (χ0v) is 12.3. The van der Waals surface area contributed by atoms with Crippen molar-refractivity contribution >= 4 is 17.2 Å². The second-order valence-corrected chi connectivity index (χ2v) is 5.21. The SMILES string of the molecule is COc1cccc(F)c1C(=O)N(C)C(C)c1nccs1. The summed E-state index contributed by atoms with van der Waals surface area (Å²) in [6.45, 7) is 1.85. The van der Waals surface area contributed by atoms with Gasteiger partial charge in [-0.15, -0.1) is 11.3 Å². The first-order valence-corrected chi connectivity index (χ1v) is 6.93. The first-order chi connectivity index (χ1) is 9.56. The number of halogens is 1. The summed E-state index contributed by atoms with van der Waals surface area (Å²) in [6.07, 6.45) is 1.68. The van der Waals surface area contributed by atoms with E-state index in [9.17, 15) is 9.18 Å². The summed E-state index contributed by atoms with van der Waals surface area (Å²) in [5.41, 5.74) is -0.0547. The maximum Gasteiger partial charge on any atom is 0.260 e. The van der Waals surface area contributed by atoms with E-state index in [1.54, 1.807) is 19.3 Å². The van der Waals surface area contributed by atoms with Crippen LogP contribution >= 0.6 is 11.3 Å². The highest BCUT2D eigenvalue weighted by atomic mass is 32.1. The summed E-state index contributed by atoms with van der Waals surface area (Å²) in [4.78, 5) is 18.1. The lowest BCUT2D eigenvalue weighted by atomic mass is 10.1. The van der Waals surface area contributed by atoms with E-state index in [-0.39, 0.29) is 17.4 Å². The lowest BCUT2D eigenvalue weighted by molar-refractivity contribution is 0.0734. The molecular formula is C14H15FN2O2S. The minimum absolute atomic E-state index is 0.0547. The van der Waals surface area contributed by atoms with Crippen LogP contribution in [0, 0.1) is 5.82 Å².